The van der Waals surface area contributed by atoms with Crippen LogP contribution >= 0.6 is 0 Å². The fourth-order valence-electron chi connectivity index (χ4n) is 4.45. The van der Waals surface area contributed by atoms with Crippen molar-refractivity contribution in [3.05, 3.63) is 53.3 Å². The van der Waals surface area contributed by atoms with Crippen LogP contribution in [0.5, 0.6) is 0 Å². The van der Waals surface area contributed by atoms with Gasteiger partial charge in [-0.2, -0.15) is 18.3 Å². The van der Waals surface area contributed by atoms with E-state index in [1.807, 2.05) is 43.1 Å². The van der Waals surface area contributed by atoms with Crippen molar-refractivity contribution in [2.75, 3.05) is 33.2 Å². The van der Waals surface area contributed by atoms with E-state index < -0.39 is 23.9 Å². The molecule has 0 saturated carbocycles. The number of nitrogens with zero attached hydrogens (tertiary/aromatic N) is 4. The van der Waals surface area contributed by atoms with Crippen molar-refractivity contribution < 1.29 is 37.4 Å². The molecule has 2 N–H and O–H groups in total. The summed E-state index contributed by atoms with van der Waals surface area (Å²) in [5.74, 6) is -2.89. The Morgan fingerprint density at radius 3 is 2.26 bits per heavy atom. The third-order valence-electron chi connectivity index (χ3n) is 6.44. The van der Waals surface area contributed by atoms with Gasteiger partial charge in [-0.25, -0.2) is 4.79 Å². The first-order chi connectivity index (χ1) is 17.8. The van der Waals surface area contributed by atoms with Gasteiger partial charge in [-0.15, -0.1) is 0 Å². The Kier molecular flexibility index (Phi) is 9.15. The number of benzene rings is 1. The van der Waals surface area contributed by atoms with E-state index in [2.05, 4.69) is 15.3 Å². The number of likely N-dealkylation sites (N-methyl/N-ethyl adjacent to an activating group) is 1. The molecule has 3 heterocycles. The molecular weight excluding hydrogens is 507 g/mol. The van der Waals surface area contributed by atoms with Crippen molar-refractivity contribution in [3.8, 4) is 0 Å². The zero-order chi connectivity index (χ0) is 28.1. The number of morpholine rings is 1. The Balaban J connectivity index is 0.000000505. The topological polar surface area (TPSA) is 117 Å². The van der Waals surface area contributed by atoms with Crippen molar-refractivity contribution in [1.29, 1.82) is 0 Å². The molecule has 2 aliphatic heterocycles. The molecule has 1 aromatic heterocycles. The van der Waals surface area contributed by atoms with Gasteiger partial charge >= 0.3 is 12.1 Å². The number of aromatic nitrogens is 2. The van der Waals surface area contributed by atoms with Gasteiger partial charge < -0.3 is 25.0 Å². The van der Waals surface area contributed by atoms with E-state index in [9.17, 15) is 22.8 Å². The summed E-state index contributed by atoms with van der Waals surface area (Å²) in [6.07, 6.45) is -2.41. The number of halogens is 3. The summed E-state index contributed by atoms with van der Waals surface area (Å²) in [5, 5.41) is 14.4. The number of amides is 2. The van der Waals surface area contributed by atoms with Crippen LogP contribution in [-0.2, 0) is 27.9 Å². The number of carboxylic acid groups (broad SMARTS) is 1. The van der Waals surface area contributed by atoms with Gasteiger partial charge in [-0.05, 0) is 38.4 Å². The lowest BCUT2D eigenvalue weighted by molar-refractivity contribution is -0.192. The zero-order valence-corrected chi connectivity index (χ0v) is 21.5. The normalized spacial score (nSPS) is 19.4. The lowest BCUT2D eigenvalue weighted by Gasteiger charge is -2.48. The average Bonchev–Trinajstić information content (AvgIpc) is 3.29. The molecule has 1 aromatic carbocycles. The second-order valence-corrected chi connectivity index (χ2v) is 9.66. The Bertz CT molecular complexity index is 1130. The molecule has 38 heavy (non-hydrogen) atoms. The van der Waals surface area contributed by atoms with Crippen LogP contribution in [-0.4, -0.2) is 93.6 Å². The number of piperidine rings is 1. The van der Waals surface area contributed by atoms with Gasteiger partial charge in [0.15, 0.2) is 0 Å². The standard InChI is InChI=1S/C23H31N5O3.C2HF3O2/c1-17-4-6-18(7-5-17)14-24-21(29)20-15-26(2)16-23(31-20)9-12-28(13-10-23)22(30)19-8-11-27(3)25-19;3-2(4,5)1(6)7/h4-8,11,20H,9-10,12-16H2,1-3H3,(H,24,29);(H,6,7). The van der Waals surface area contributed by atoms with Crippen molar-refractivity contribution in [2.24, 2.45) is 7.05 Å². The molecule has 2 aromatic rings. The van der Waals surface area contributed by atoms with Crippen molar-refractivity contribution in [1.82, 2.24) is 24.9 Å². The van der Waals surface area contributed by atoms with Crippen LogP contribution in [0.25, 0.3) is 0 Å². The minimum Gasteiger partial charge on any atom is -0.475 e. The Labute approximate surface area is 218 Å². The zero-order valence-electron chi connectivity index (χ0n) is 21.5. The third-order valence-corrected chi connectivity index (χ3v) is 6.44. The Morgan fingerprint density at radius 2 is 1.74 bits per heavy atom. The van der Waals surface area contributed by atoms with E-state index >= 15 is 0 Å². The Morgan fingerprint density at radius 1 is 1.13 bits per heavy atom. The first kappa shape index (κ1) is 29.1. The molecule has 1 spiro atoms. The number of rotatable bonds is 4. The van der Waals surface area contributed by atoms with Gasteiger partial charge in [0.2, 0.25) is 0 Å². The molecule has 208 valence electrons. The number of ether oxygens (including phenoxy) is 1. The van der Waals surface area contributed by atoms with E-state index in [0.717, 1.165) is 12.1 Å². The highest BCUT2D eigenvalue weighted by Crippen LogP contribution is 2.32. The minimum atomic E-state index is -5.08. The predicted molar refractivity (Wildman–Crippen MR) is 130 cm³/mol. The quantitative estimate of drug-likeness (QED) is 0.610. The van der Waals surface area contributed by atoms with Crippen LogP contribution in [0.2, 0.25) is 0 Å². The first-order valence-corrected chi connectivity index (χ1v) is 12.1. The molecule has 1 atom stereocenters. The summed E-state index contributed by atoms with van der Waals surface area (Å²) in [4.78, 5) is 38.4. The predicted octanol–water partition coefficient (Wildman–Crippen LogP) is 1.98. The molecule has 2 saturated heterocycles. The van der Waals surface area contributed by atoms with E-state index in [1.54, 1.807) is 24.0 Å². The largest absolute Gasteiger partial charge is 0.490 e. The molecule has 2 amide bonds. The summed E-state index contributed by atoms with van der Waals surface area (Å²) in [6.45, 7) is 5.06. The molecule has 13 heteroatoms. The summed E-state index contributed by atoms with van der Waals surface area (Å²) >= 11 is 0. The molecule has 1 unspecified atom stereocenters. The number of carbonyl (C=O) groups excluding carboxylic acids is 2. The number of hydrogen-bond donors (Lipinski definition) is 2. The highest BCUT2D eigenvalue weighted by molar-refractivity contribution is 5.92. The van der Waals surface area contributed by atoms with Gasteiger partial charge in [0, 0.05) is 46.0 Å². The molecule has 0 radical (unpaired) electrons. The molecule has 4 rings (SSSR count). The molecule has 10 nitrogen and oxygen atoms in total. The SMILES string of the molecule is Cc1ccc(CNC(=O)C2CN(C)CC3(CCN(C(=O)c4ccn(C)n4)CC3)O2)cc1.O=C(O)C(F)(F)F. The average molecular weight is 540 g/mol. The number of aliphatic carboxylic acids is 1. The van der Waals surface area contributed by atoms with Crippen LogP contribution in [0, 0.1) is 6.92 Å². The van der Waals surface area contributed by atoms with Crippen molar-refractivity contribution >= 4 is 17.8 Å². The van der Waals surface area contributed by atoms with Crippen LogP contribution in [0.4, 0.5) is 13.2 Å². The second-order valence-electron chi connectivity index (χ2n) is 9.66. The van der Waals surface area contributed by atoms with Crippen LogP contribution in [0.3, 0.4) is 0 Å². The fourth-order valence-corrected chi connectivity index (χ4v) is 4.45. The number of aryl methyl sites for hydroxylation is 2. The number of hydrogen-bond acceptors (Lipinski definition) is 6. The summed E-state index contributed by atoms with van der Waals surface area (Å²) < 4.78 is 39.8. The van der Waals surface area contributed by atoms with E-state index in [4.69, 9.17) is 14.6 Å². The van der Waals surface area contributed by atoms with Gasteiger partial charge in [-0.3, -0.25) is 14.3 Å². The van der Waals surface area contributed by atoms with E-state index in [-0.39, 0.29) is 11.8 Å². The monoisotopic (exact) mass is 539 g/mol. The maximum Gasteiger partial charge on any atom is 0.490 e. The number of carbonyl (C=O) groups is 3. The van der Waals surface area contributed by atoms with Crippen LogP contribution in [0.1, 0.15) is 34.5 Å². The van der Waals surface area contributed by atoms with Crippen LogP contribution in [0.15, 0.2) is 36.5 Å². The fraction of sp³-hybridized carbons (Fsp3) is 0.520. The van der Waals surface area contributed by atoms with E-state index in [1.165, 1.54) is 5.56 Å². The number of nitrogens with one attached hydrogen (secondary N) is 1. The number of alkyl halides is 3. The van der Waals surface area contributed by atoms with Gasteiger partial charge in [0.25, 0.3) is 11.8 Å². The third kappa shape index (κ3) is 7.78. The lowest BCUT2D eigenvalue weighted by Crippen LogP contribution is -2.61. The number of likely N-dealkylation sites (tertiary alicyclic amines) is 1. The van der Waals surface area contributed by atoms with Gasteiger partial charge in [0.05, 0.1) is 5.60 Å². The molecule has 2 fully saturated rings. The molecule has 0 aliphatic carbocycles. The van der Waals surface area contributed by atoms with Gasteiger partial charge in [0.1, 0.15) is 11.8 Å². The summed E-state index contributed by atoms with van der Waals surface area (Å²) in [6, 6.07) is 9.88. The van der Waals surface area contributed by atoms with Crippen LogP contribution < -0.4 is 5.32 Å². The summed E-state index contributed by atoms with van der Waals surface area (Å²) in [7, 11) is 3.83. The highest BCUT2D eigenvalue weighted by Gasteiger charge is 2.45. The maximum absolute atomic E-state index is 12.8. The summed E-state index contributed by atoms with van der Waals surface area (Å²) in [5.41, 5.74) is 2.33. The highest BCUT2D eigenvalue weighted by atomic mass is 19.4. The van der Waals surface area contributed by atoms with Crippen molar-refractivity contribution in [3.63, 3.8) is 0 Å². The first-order valence-electron chi connectivity index (χ1n) is 12.1. The van der Waals surface area contributed by atoms with E-state index in [0.29, 0.717) is 44.7 Å². The molecular formula is C25H32F3N5O5. The smallest absolute Gasteiger partial charge is 0.475 e. The molecule has 2 aliphatic rings. The van der Waals surface area contributed by atoms with Gasteiger partial charge in [-0.1, -0.05) is 29.8 Å². The minimum absolute atomic E-state index is 0.0491. The molecule has 0 bridgehead atoms. The Hall–Kier alpha value is -3.45. The second kappa shape index (κ2) is 11.9. The maximum atomic E-state index is 12.8. The van der Waals surface area contributed by atoms with Crippen molar-refractivity contribution in [2.45, 2.75) is 44.2 Å². The lowest BCUT2D eigenvalue weighted by atomic mass is 9.88. The number of carboxylic acids is 1.